The predicted octanol–water partition coefficient (Wildman–Crippen LogP) is 3.09. The third-order valence-electron chi connectivity index (χ3n) is 4.23. The number of hydrogen-bond donors (Lipinski definition) is 2. The monoisotopic (exact) mass is 553 g/mol. The minimum absolute atomic E-state index is 0.125. The van der Waals surface area contributed by atoms with Gasteiger partial charge in [-0.05, 0) is 71.8 Å². The van der Waals surface area contributed by atoms with E-state index in [9.17, 15) is 9.59 Å². The quantitative estimate of drug-likeness (QED) is 0.266. The second kappa shape index (κ2) is 11.6. The number of halogens is 1. The van der Waals surface area contributed by atoms with Crippen LogP contribution in [0.4, 0.5) is 0 Å². The molecule has 0 atom stereocenters. The van der Waals surface area contributed by atoms with E-state index in [0.29, 0.717) is 41.8 Å². The van der Waals surface area contributed by atoms with Crippen LogP contribution in [-0.4, -0.2) is 44.6 Å². The third kappa shape index (κ3) is 6.25. The fraction of sp³-hybridized carbons (Fsp3) is 0.318. The Labute approximate surface area is 199 Å². The zero-order chi connectivity index (χ0) is 22.9. The molecule has 0 aliphatic carbocycles. The van der Waals surface area contributed by atoms with E-state index in [4.69, 9.17) is 18.9 Å². The molecule has 0 aromatic heterocycles. The van der Waals surface area contributed by atoms with Gasteiger partial charge < -0.3 is 24.3 Å². The second-order valence-corrected chi connectivity index (χ2v) is 7.82. The summed E-state index contributed by atoms with van der Waals surface area (Å²) in [7, 11) is 0. The molecular formula is C22H24IN3O6. The maximum atomic E-state index is 12.2. The van der Waals surface area contributed by atoms with Crippen molar-refractivity contribution in [3.05, 3.63) is 45.0 Å². The number of carbonyl (C=O) groups excluding carboxylic acids is 2. The van der Waals surface area contributed by atoms with Crippen molar-refractivity contribution in [2.45, 2.75) is 20.3 Å². The molecule has 9 nitrogen and oxygen atoms in total. The minimum Gasteiger partial charge on any atom is -0.490 e. The first kappa shape index (κ1) is 23.6. The van der Waals surface area contributed by atoms with Crippen molar-refractivity contribution in [3.63, 3.8) is 0 Å². The average molecular weight is 553 g/mol. The van der Waals surface area contributed by atoms with Crippen LogP contribution in [0.3, 0.4) is 0 Å². The van der Waals surface area contributed by atoms with Crippen molar-refractivity contribution in [3.8, 4) is 23.0 Å². The van der Waals surface area contributed by atoms with E-state index in [-0.39, 0.29) is 13.3 Å². The molecule has 2 amide bonds. The molecule has 2 aromatic rings. The Balaban J connectivity index is 1.53. The van der Waals surface area contributed by atoms with Gasteiger partial charge in [-0.3, -0.25) is 9.59 Å². The lowest BCUT2D eigenvalue weighted by atomic mass is 10.2. The topological polar surface area (TPSA) is 107 Å². The van der Waals surface area contributed by atoms with Crippen molar-refractivity contribution >= 4 is 40.6 Å². The van der Waals surface area contributed by atoms with Crippen LogP contribution in [0.5, 0.6) is 23.0 Å². The van der Waals surface area contributed by atoms with Gasteiger partial charge in [0.25, 0.3) is 11.8 Å². The van der Waals surface area contributed by atoms with Crippen LogP contribution in [0.1, 0.15) is 36.2 Å². The molecule has 1 aliphatic rings. The Hall–Kier alpha value is -3.02. The highest BCUT2D eigenvalue weighted by atomic mass is 127. The van der Waals surface area contributed by atoms with Gasteiger partial charge in [-0.25, -0.2) is 5.43 Å². The number of hydrazone groups is 1. The highest BCUT2D eigenvalue weighted by Crippen LogP contribution is 2.34. The third-order valence-corrected chi connectivity index (χ3v) is 5.03. The Bertz CT molecular complexity index is 1010. The van der Waals surface area contributed by atoms with Crippen molar-refractivity contribution in [2.75, 3.05) is 26.6 Å². The van der Waals surface area contributed by atoms with E-state index in [2.05, 4.69) is 38.4 Å². The van der Waals surface area contributed by atoms with Gasteiger partial charge >= 0.3 is 0 Å². The molecule has 0 saturated heterocycles. The van der Waals surface area contributed by atoms with Gasteiger partial charge in [-0.2, -0.15) is 5.10 Å². The first-order chi connectivity index (χ1) is 15.5. The Morgan fingerprint density at radius 1 is 1.16 bits per heavy atom. The summed E-state index contributed by atoms with van der Waals surface area (Å²) in [6.07, 6.45) is 2.40. The number of fused-ring (bicyclic) bond motifs is 1. The van der Waals surface area contributed by atoms with Gasteiger partial charge in [0.15, 0.2) is 23.0 Å². The van der Waals surface area contributed by atoms with Gasteiger partial charge in [-0.15, -0.1) is 0 Å². The summed E-state index contributed by atoms with van der Waals surface area (Å²) < 4.78 is 22.8. The lowest BCUT2D eigenvalue weighted by Crippen LogP contribution is -2.34. The molecule has 1 heterocycles. The van der Waals surface area contributed by atoms with Crippen LogP contribution in [-0.2, 0) is 4.79 Å². The summed E-state index contributed by atoms with van der Waals surface area (Å²) in [5.74, 6) is 1.54. The lowest BCUT2D eigenvalue weighted by Gasteiger charge is -2.14. The van der Waals surface area contributed by atoms with Crippen LogP contribution >= 0.6 is 22.6 Å². The van der Waals surface area contributed by atoms with Crippen LogP contribution in [0.25, 0.3) is 0 Å². The fourth-order valence-corrected chi connectivity index (χ4v) is 3.57. The van der Waals surface area contributed by atoms with Gasteiger partial charge in [0.2, 0.25) is 6.79 Å². The van der Waals surface area contributed by atoms with Crippen LogP contribution in [0, 0.1) is 3.57 Å². The highest BCUT2D eigenvalue weighted by molar-refractivity contribution is 14.1. The molecule has 0 fully saturated rings. The number of hydrogen-bond acceptors (Lipinski definition) is 7. The second-order valence-electron chi connectivity index (χ2n) is 6.66. The molecule has 10 heteroatoms. The van der Waals surface area contributed by atoms with Crippen LogP contribution in [0.15, 0.2) is 35.4 Å². The first-order valence-corrected chi connectivity index (χ1v) is 11.2. The van der Waals surface area contributed by atoms with E-state index >= 15 is 0 Å². The average Bonchev–Trinajstić information content (AvgIpc) is 3.25. The number of benzene rings is 2. The summed E-state index contributed by atoms with van der Waals surface area (Å²) in [4.78, 5) is 24.3. The summed E-state index contributed by atoms with van der Waals surface area (Å²) in [6, 6.07) is 8.50. The molecule has 2 aromatic carbocycles. The number of amides is 2. The van der Waals surface area contributed by atoms with Crippen molar-refractivity contribution in [1.82, 2.24) is 10.7 Å². The summed E-state index contributed by atoms with van der Waals surface area (Å²) >= 11 is 2.17. The van der Waals surface area contributed by atoms with Gasteiger partial charge in [0, 0.05) is 5.56 Å². The van der Waals surface area contributed by atoms with Crippen LogP contribution in [0.2, 0.25) is 0 Å². The minimum atomic E-state index is -0.460. The van der Waals surface area contributed by atoms with E-state index in [0.717, 1.165) is 15.6 Å². The lowest BCUT2D eigenvalue weighted by molar-refractivity contribution is -0.120. The SMILES string of the molecule is CCCOc1c(I)cc(C=NNC(=O)CNC(=O)c2ccc3c(c2)OCO3)cc1OCC. The maximum absolute atomic E-state index is 12.2. The van der Waals surface area contributed by atoms with Crippen molar-refractivity contribution in [2.24, 2.45) is 5.10 Å². The molecule has 0 spiro atoms. The number of nitrogens with zero attached hydrogens (tertiary/aromatic N) is 1. The highest BCUT2D eigenvalue weighted by Gasteiger charge is 2.16. The number of rotatable bonds is 10. The molecule has 170 valence electrons. The van der Waals surface area contributed by atoms with E-state index in [1.165, 1.54) is 6.21 Å². The molecule has 0 saturated carbocycles. The molecular weight excluding hydrogens is 529 g/mol. The summed E-state index contributed by atoms with van der Waals surface area (Å²) in [5.41, 5.74) is 3.51. The number of nitrogens with one attached hydrogen (secondary N) is 2. The zero-order valence-electron chi connectivity index (χ0n) is 17.8. The molecule has 32 heavy (non-hydrogen) atoms. The maximum Gasteiger partial charge on any atom is 0.259 e. The predicted molar refractivity (Wildman–Crippen MR) is 127 cm³/mol. The molecule has 0 radical (unpaired) electrons. The molecule has 1 aliphatic heterocycles. The summed E-state index contributed by atoms with van der Waals surface area (Å²) in [5, 5.41) is 6.50. The number of ether oxygens (including phenoxy) is 4. The largest absolute Gasteiger partial charge is 0.490 e. The van der Waals surface area contributed by atoms with Crippen LogP contribution < -0.4 is 29.7 Å². The van der Waals surface area contributed by atoms with E-state index in [1.54, 1.807) is 24.3 Å². The Morgan fingerprint density at radius 2 is 1.97 bits per heavy atom. The number of carbonyl (C=O) groups is 2. The van der Waals surface area contributed by atoms with Gasteiger partial charge in [0.1, 0.15) is 0 Å². The first-order valence-electron chi connectivity index (χ1n) is 10.1. The van der Waals surface area contributed by atoms with Crippen molar-refractivity contribution < 1.29 is 28.5 Å². The van der Waals surface area contributed by atoms with Crippen molar-refractivity contribution in [1.29, 1.82) is 0 Å². The fourth-order valence-electron chi connectivity index (χ4n) is 2.79. The normalized spacial score (nSPS) is 12.0. The smallest absolute Gasteiger partial charge is 0.259 e. The Morgan fingerprint density at radius 3 is 2.75 bits per heavy atom. The standard InChI is InChI=1S/C22H24IN3O6/c1-3-7-30-21-16(23)8-14(9-19(21)29-4-2)11-25-26-20(27)12-24-22(28)15-5-6-17-18(10-15)32-13-31-17/h5-6,8-11H,3-4,7,12-13H2,1-2H3,(H,24,28)(H,26,27). The van der Waals surface area contributed by atoms with E-state index < -0.39 is 11.8 Å². The molecule has 3 rings (SSSR count). The summed E-state index contributed by atoms with van der Waals surface area (Å²) in [6.45, 7) is 4.93. The molecule has 0 unspecified atom stereocenters. The van der Waals surface area contributed by atoms with Gasteiger partial charge in [-0.1, -0.05) is 6.92 Å². The molecule has 2 N–H and O–H groups in total. The Kier molecular flexibility index (Phi) is 8.54. The molecule has 0 bridgehead atoms. The zero-order valence-corrected chi connectivity index (χ0v) is 19.9. The van der Waals surface area contributed by atoms with E-state index in [1.807, 2.05) is 19.9 Å². The van der Waals surface area contributed by atoms with Gasteiger partial charge in [0.05, 0.1) is 29.5 Å².